The quantitative estimate of drug-likeness (QED) is 0.0195. The Morgan fingerprint density at radius 2 is 0.792 bits per heavy atom. The number of quaternary nitrogens is 1. The van der Waals surface area contributed by atoms with Crippen molar-refractivity contribution in [3.8, 4) is 0 Å². The van der Waals surface area contributed by atoms with Gasteiger partial charge in [0.05, 0.1) is 40.3 Å². The van der Waals surface area contributed by atoms with Crippen molar-refractivity contribution in [1.29, 1.82) is 0 Å². The van der Waals surface area contributed by atoms with Crippen LogP contribution in [0, 0.1) is 0 Å². The first-order valence-electron chi connectivity index (χ1n) is 29.2. The predicted molar refractivity (Wildman–Crippen MR) is 301 cm³/mol. The van der Waals surface area contributed by atoms with Gasteiger partial charge in [-0.25, -0.2) is 0 Å². The lowest BCUT2D eigenvalue weighted by molar-refractivity contribution is -0.870. The first-order valence-corrected chi connectivity index (χ1v) is 29.2. The molecule has 0 aliphatic rings. The van der Waals surface area contributed by atoms with Crippen LogP contribution in [0.2, 0.25) is 0 Å². The summed E-state index contributed by atoms with van der Waals surface area (Å²) in [5.74, 6) is -2.33. The summed E-state index contributed by atoms with van der Waals surface area (Å²) in [5.41, 5.74) is 0. The van der Waals surface area contributed by atoms with Crippen LogP contribution in [0.1, 0.15) is 239 Å². The fraction of sp³-hybridized carbons (Fsp3) is 0.730. The molecule has 0 aromatic carbocycles. The summed E-state index contributed by atoms with van der Waals surface area (Å²) in [7, 11) is 5.91. The van der Waals surface area contributed by atoms with E-state index in [9.17, 15) is 19.5 Å². The van der Waals surface area contributed by atoms with Gasteiger partial charge in [0.15, 0.2) is 12.4 Å². The fourth-order valence-electron chi connectivity index (χ4n) is 7.93. The van der Waals surface area contributed by atoms with Crippen LogP contribution in [0.3, 0.4) is 0 Å². The van der Waals surface area contributed by atoms with E-state index in [1.165, 1.54) is 122 Å². The monoisotopic (exact) mass is 1010 g/mol. The van der Waals surface area contributed by atoms with Gasteiger partial charge in [-0.1, -0.05) is 240 Å². The molecule has 0 aromatic rings. The lowest BCUT2D eigenvalue weighted by atomic mass is 10.0. The predicted octanol–water partition coefficient (Wildman–Crippen LogP) is 15.8. The average Bonchev–Trinajstić information content (AvgIpc) is 3.35. The molecule has 2 atom stereocenters. The van der Waals surface area contributed by atoms with Crippen molar-refractivity contribution in [2.45, 2.75) is 251 Å². The molecule has 0 saturated heterocycles. The molecule has 9 heteroatoms. The number of ether oxygens (including phenoxy) is 4. The minimum Gasteiger partial charge on any atom is -0.545 e. The van der Waals surface area contributed by atoms with Gasteiger partial charge in [0.25, 0.3) is 0 Å². The van der Waals surface area contributed by atoms with Crippen molar-refractivity contribution < 1.29 is 42.9 Å². The first-order chi connectivity index (χ1) is 35.1. The summed E-state index contributed by atoms with van der Waals surface area (Å²) in [4.78, 5) is 37.3. The summed E-state index contributed by atoms with van der Waals surface area (Å²) < 4.78 is 22.7. The highest BCUT2D eigenvalue weighted by Gasteiger charge is 2.22. The van der Waals surface area contributed by atoms with Crippen molar-refractivity contribution in [3.05, 3.63) is 85.1 Å². The van der Waals surface area contributed by atoms with Crippen molar-refractivity contribution in [2.75, 3.05) is 47.5 Å². The molecular formula is C63H109NO8. The number of rotatable bonds is 53. The number of unbranched alkanes of at least 4 members (excludes halogenated alkanes) is 24. The highest BCUT2D eigenvalue weighted by Crippen LogP contribution is 2.16. The number of carboxylic acid groups (broad SMARTS) is 1. The average molecular weight is 1010 g/mol. The maximum atomic E-state index is 12.9. The number of hydrogen-bond acceptors (Lipinski definition) is 8. The molecule has 0 aliphatic heterocycles. The summed E-state index contributed by atoms with van der Waals surface area (Å²) >= 11 is 0. The molecule has 0 fully saturated rings. The van der Waals surface area contributed by atoms with Gasteiger partial charge in [-0.2, -0.15) is 0 Å². The second-order valence-electron chi connectivity index (χ2n) is 20.6. The molecule has 414 valence electrons. The van der Waals surface area contributed by atoms with Crippen molar-refractivity contribution >= 4 is 17.9 Å². The first kappa shape index (κ1) is 68.5. The number of carbonyl (C=O) groups excluding carboxylic acids is 3. The molecule has 72 heavy (non-hydrogen) atoms. The Kier molecular flexibility index (Phi) is 51.1. The van der Waals surface area contributed by atoms with E-state index in [2.05, 4.69) is 98.9 Å². The Bertz CT molecular complexity index is 1450. The van der Waals surface area contributed by atoms with Crippen LogP contribution < -0.4 is 5.11 Å². The van der Waals surface area contributed by atoms with Crippen LogP contribution in [0.4, 0.5) is 0 Å². The summed E-state index contributed by atoms with van der Waals surface area (Å²) in [5, 5.41) is 11.8. The molecule has 0 amide bonds. The molecule has 9 nitrogen and oxygen atoms in total. The number of aliphatic carboxylic acids is 1. The van der Waals surface area contributed by atoms with Gasteiger partial charge < -0.3 is 33.3 Å². The SMILES string of the molecule is CC/C=C\C/C=C\C/C=C\C/C=C\C/C=C\C/C=C\C/C=C\CCCCCC(=O)OC(COC(=O)CCCCCCCCCCCCCCCCCCCCCCCC)COC(OCC[N+](C)(C)C)C(=O)[O-]. The second-order valence-corrected chi connectivity index (χ2v) is 20.6. The Balaban J connectivity index is 4.33. The Labute approximate surface area is 442 Å². The van der Waals surface area contributed by atoms with Gasteiger partial charge in [-0.3, -0.25) is 9.59 Å². The Morgan fingerprint density at radius 1 is 0.431 bits per heavy atom. The number of allylic oxidation sites excluding steroid dienone is 14. The van der Waals surface area contributed by atoms with Gasteiger partial charge in [0.2, 0.25) is 0 Å². The molecule has 0 aromatic heterocycles. The molecule has 0 aliphatic carbocycles. The van der Waals surface area contributed by atoms with E-state index in [0.29, 0.717) is 17.4 Å². The largest absolute Gasteiger partial charge is 0.545 e. The van der Waals surface area contributed by atoms with E-state index in [0.717, 1.165) is 83.5 Å². The van der Waals surface area contributed by atoms with Crippen molar-refractivity contribution in [3.63, 3.8) is 0 Å². The standard InChI is InChI=1S/C63H109NO8/c1-6-8-10-12-14-16-18-20-22-24-26-28-30-31-32-34-36-38-40-42-44-46-48-50-52-54-61(66)72-59(58-71-63(62(67)68)69-56-55-64(3,4)5)57-70-60(65)53-51-49-47-45-43-41-39-37-35-33-29-27-25-23-21-19-17-15-13-11-9-7-2/h8,10,14,16,20,22,26,28,31-32,36,38,42,44,59,63H,6-7,9,11-13,15,17-19,21,23-25,27,29-30,33-35,37,39-41,43,45-58H2,1-5H3/b10-8-,16-14-,22-20-,28-26-,32-31-,38-36-,44-42-. The minimum atomic E-state index is -1.63. The summed E-state index contributed by atoms with van der Waals surface area (Å²) in [6, 6.07) is 0. The van der Waals surface area contributed by atoms with Crippen LogP contribution in [-0.4, -0.2) is 82.3 Å². The van der Waals surface area contributed by atoms with E-state index in [-0.39, 0.29) is 38.6 Å². The molecule has 0 spiro atoms. The molecule has 2 unspecified atom stereocenters. The van der Waals surface area contributed by atoms with Crippen LogP contribution in [-0.2, 0) is 33.3 Å². The summed E-state index contributed by atoms with van der Waals surface area (Å²) in [6.07, 6.45) is 67.7. The van der Waals surface area contributed by atoms with E-state index >= 15 is 0 Å². The van der Waals surface area contributed by atoms with E-state index in [1.54, 1.807) is 0 Å². The van der Waals surface area contributed by atoms with Crippen LogP contribution in [0.5, 0.6) is 0 Å². The minimum absolute atomic E-state index is 0.138. The van der Waals surface area contributed by atoms with Crippen LogP contribution in [0.15, 0.2) is 85.1 Å². The topological polar surface area (TPSA) is 111 Å². The second kappa shape index (κ2) is 53.8. The third kappa shape index (κ3) is 54.2. The van der Waals surface area contributed by atoms with Crippen molar-refractivity contribution in [1.82, 2.24) is 0 Å². The van der Waals surface area contributed by atoms with Crippen LogP contribution >= 0.6 is 0 Å². The van der Waals surface area contributed by atoms with Crippen LogP contribution in [0.25, 0.3) is 0 Å². The highest BCUT2D eigenvalue weighted by atomic mass is 16.7. The number of nitrogens with zero attached hydrogens (tertiary/aromatic N) is 1. The van der Waals surface area contributed by atoms with Gasteiger partial charge in [-0.05, 0) is 70.6 Å². The zero-order valence-electron chi connectivity index (χ0n) is 47.0. The zero-order valence-corrected chi connectivity index (χ0v) is 47.0. The molecule has 0 N–H and O–H groups in total. The number of carboxylic acids is 1. The number of esters is 2. The fourth-order valence-corrected chi connectivity index (χ4v) is 7.93. The van der Waals surface area contributed by atoms with E-state index in [4.69, 9.17) is 18.9 Å². The van der Waals surface area contributed by atoms with Crippen molar-refractivity contribution in [2.24, 2.45) is 0 Å². The molecular weight excluding hydrogens is 899 g/mol. The number of hydrogen-bond donors (Lipinski definition) is 0. The van der Waals surface area contributed by atoms with Gasteiger partial charge in [0, 0.05) is 12.8 Å². The zero-order chi connectivity index (χ0) is 52.7. The lowest BCUT2D eigenvalue weighted by Gasteiger charge is -2.26. The van der Waals surface area contributed by atoms with Gasteiger partial charge >= 0.3 is 11.9 Å². The Hall–Kier alpha value is -3.53. The molecule has 0 bridgehead atoms. The maximum Gasteiger partial charge on any atom is 0.306 e. The Morgan fingerprint density at radius 3 is 1.18 bits per heavy atom. The van der Waals surface area contributed by atoms with Gasteiger partial charge in [0.1, 0.15) is 13.2 Å². The van der Waals surface area contributed by atoms with E-state index in [1.807, 2.05) is 21.1 Å². The number of carbonyl (C=O) groups is 3. The van der Waals surface area contributed by atoms with E-state index < -0.39 is 24.3 Å². The summed E-state index contributed by atoms with van der Waals surface area (Å²) in [6.45, 7) is 4.61. The smallest absolute Gasteiger partial charge is 0.306 e. The normalized spacial score (nSPS) is 13.4. The lowest BCUT2D eigenvalue weighted by Crippen LogP contribution is -2.44. The van der Waals surface area contributed by atoms with Gasteiger partial charge in [-0.15, -0.1) is 0 Å². The number of likely N-dealkylation sites (N-methyl/N-ethyl adjacent to an activating group) is 1. The molecule has 0 rings (SSSR count). The molecule has 0 radical (unpaired) electrons. The molecule has 0 heterocycles. The molecule has 0 saturated carbocycles. The third-order valence-corrected chi connectivity index (χ3v) is 12.4. The highest BCUT2D eigenvalue weighted by molar-refractivity contribution is 5.70. The maximum absolute atomic E-state index is 12.9. The third-order valence-electron chi connectivity index (χ3n) is 12.4.